The van der Waals surface area contributed by atoms with Gasteiger partial charge in [-0.15, -0.1) is 0 Å². The zero-order valence-electron chi connectivity index (χ0n) is 11.5. The van der Waals surface area contributed by atoms with E-state index in [4.69, 9.17) is 4.74 Å². The van der Waals surface area contributed by atoms with E-state index in [1.54, 1.807) is 18.3 Å². The minimum atomic E-state index is -0.266. The second kappa shape index (κ2) is 6.70. The number of benzene rings is 2. The Morgan fingerprint density at radius 1 is 1.15 bits per heavy atom. The van der Waals surface area contributed by atoms with E-state index in [1.807, 2.05) is 38.1 Å². The van der Waals surface area contributed by atoms with E-state index in [1.165, 1.54) is 12.1 Å². The van der Waals surface area contributed by atoms with Crippen molar-refractivity contribution in [2.24, 2.45) is 5.10 Å². The monoisotopic (exact) mass is 272 g/mol. The highest BCUT2D eigenvalue weighted by Crippen LogP contribution is 2.14. The molecule has 0 saturated carbocycles. The molecule has 2 aromatic rings. The number of halogens is 1. The third kappa shape index (κ3) is 4.39. The van der Waals surface area contributed by atoms with Crippen molar-refractivity contribution < 1.29 is 9.13 Å². The summed E-state index contributed by atoms with van der Waals surface area (Å²) in [6, 6.07) is 13.7. The molecule has 0 radical (unpaired) electrons. The quantitative estimate of drug-likeness (QED) is 0.658. The summed E-state index contributed by atoms with van der Waals surface area (Å²) in [5, 5.41) is 4.11. The summed E-state index contributed by atoms with van der Waals surface area (Å²) in [6.07, 6.45) is 1.83. The van der Waals surface area contributed by atoms with Gasteiger partial charge in [0.15, 0.2) is 0 Å². The molecule has 0 saturated heterocycles. The van der Waals surface area contributed by atoms with Crippen molar-refractivity contribution in [3.05, 3.63) is 59.9 Å². The Morgan fingerprint density at radius 2 is 1.90 bits per heavy atom. The van der Waals surface area contributed by atoms with Crippen LogP contribution < -0.4 is 10.2 Å². The molecule has 0 bridgehead atoms. The number of ether oxygens (including phenoxy) is 1. The molecule has 0 aromatic heterocycles. The molecule has 0 amide bonds. The molecular formula is C16H17FN2O. The topological polar surface area (TPSA) is 33.6 Å². The predicted octanol–water partition coefficient (Wildman–Crippen LogP) is 4.06. The van der Waals surface area contributed by atoms with Crippen molar-refractivity contribution in [1.29, 1.82) is 0 Å². The van der Waals surface area contributed by atoms with Gasteiger partial charge in [0, 0.05) is 0 Å². The first-order valence-corrected chi connectivity index (χ1v) is 6.45. The molecule has 104 valence electrons. The molecule has 2 rings (SSSR count). The van der Waals surface area contributed by atoms with Crippen molar-refractivity contribution in [1.82, 2.24) is 0 Å². The van der Waals surface area contributed by atoms with E-state index in [0.29, 0.717) is 0 Å². The van der Waals surface area contributed by atoms with Crippen molar-refractivity contribution in [3.8, 4) is 5.75 Å². The molecule has 0 aliphatic heterocycles. The van der Waals surface area contributed by atoms with Gasteiger partial charge in [-0.2, -0.15) is 5.10 Å². The van der Waals surface area contributed by atoms with E-state index in [9.17, 15) is 4.39 Å². The van der Waals surface area contributed by atoms with Crippen LogP contribution in [0.2, 0.25) is 0 Å². The summed E-state index contributed by atoms with van der Waals surface area (Å²) >= 11 is 0. The number of nitrogens with zero attached hydrogens (tertiary/aromatic N) is 1. The maximum Gasteiger partial charge on any atom is 0.123 e. The molecule has 4 heteroatoms. The smallest absolute Gasteiger partial charge is 0.123 e. The summed E-state index contributed by atoms with van der Waals surface area (Å²) in [6.45, 7) is 3.97. The fourth-order valence-corrected chi connectivity index (χ4v) is 1.65. The van der Waals surface area contributed by atoms with Gasteiger partial charge in [-0.25, -0.2) is 4.39 Å². The lowest BCUT2D eigenvalue weighted by atomic mass is 10.2. The van der Waals surface area contributed by atoms with E-state index < -0.39 is 0 Å². The molecule has 0 atom stereocenters. The fourth-order valence-electron chi connectivity index (χ4n) is 1.65. The number of anilines is 1. The third-order valence-electron chi connectivity index (χ3n) is 2.48. The molecule has 1 N–H and O–H groups in total. The Hall–Kier alpha value is -2.36. The van der Waals surface area contributed by atoms with Crippen molar-refractivity contribution in [2.45, 2.75) is 20.0 Å². The maximum absolute atomic E-state index is 12.7. The summed E-state index contributed by atoms with van der Waals surface area (Å²) in [7, 11) is 0. The molecule has 0 spiro atoms. The zero-order valence-corrected chi connectivity index (χ0v) is 11.5. The molecule has 0 aliphatic carbocycles. The van der Waals surface area contributed by atoms with Crippen LogP contribution in [0.25, 0.3) is 0 Å². The largest absolute Gasteiger partial charge is 0.491 e. The third-order valence-corrected chi connectivity index (χ3v) is 2.48. The number of nitrogens with one attached hydrogen (secondary N) is 1. The molecule has 2 aromatic carbocycles. The Balaban J connectivity index is 1.98. The van der Waals surface area contributed by atoms with Crippen LogP contribution in [0, 0.1) is 5.82 Å². The lowest BCUT2D eigenvalue weighted by Crippen LogP contribution is -2.05. The average Bonchev–Trinajstić information content (AvgIpc) is 2.41. The zero-order chi connectivity index (χ0) is 14.4. The minimum Gasteiger partial charge on any atom is -0.491 e. The number of rotatable bonds is 5. The van der Waals surface area contributed by atoms with Crippen LogP contribution >= 0.6 is 0 Å². The molecule has 0 unspecified atom stereocenters. The van der Waals surface area contributed by atoms with Crippen molar-refractivity contribution >= 4 is 11.9 Å². The first kappa shape index (κ1) is 14.1. The van der Waals surface area contributed by atoms with E-state index in [2.05, 4.69) is 10.5 Å². The van der Waals surface area contributed by atoms with Gasteiger partial charge in [0.25, 0.3) is 0 Å². The van der Waals surface area contributed by atoms with Crippen molar-refractivity contribution in [3.63, 3.8) is 0 Å². The van der Waals surface area contributed by atoms with Crippen LogP contribution in [0.4, 0.5) is 10.1 Å². The summed E-state index contributed by atoms with van der Waals surface area (Å²) in [4.78, 5) is 0. The van der Waals surface area contributed by atoms with E-state index in [-0.39, 0.29) is 11.9 Å². The normalized spacial score (nSPS) is 11.0. The molecule has 0 heterocycles. The lowest BCUT2D eigenvalue weighted by Gasteiger charge is -2.09. The number of hydrazone groups is 1. The fraction of sp³-hybridized carbons (Fsp3) is 0.188. The summed E-state index contributed by atoms with van der Waals surface area (Å²) in [5.74, 6) is 0.545. The first-order chi connectivity index (χ1) is 9.63. The molecule has 20 heavy (non-hydrogen) atoms. The Labute approximate surface area is 118 Å². The highest BCUT2D eigenvalue weighted by Gasteiger charge is 1.97. The van der Waals surface area contributed by atoms with E-state index >= 15 is 0 Å². The van der Waals surface area contributed by atoms with E-state index in [0.717, 1.165) is 17.0 Å². The van der Waals surface area contributed by atoms with Gasteiger partial charge in [-0.3, -0.25) is 5.43 Å². The Bertz CT molecular complexity index is 579. The standard InChI is InChI=1S/C16H17FN2O/c1-12(2)20-16-5-3-4-13(10-16)11-18-19-15-8-6-14(17)7-9-15/h3-12,19H,1-2H3/b18-11+. The maximum atomic E-state index is 12.7. The number of hydrogen-bond acceptors (Lipinski definition) is 3. The molecule has 0 fully saturated rings. The van der Waals surface area contributed by atoms with Crippen LogP contribution in [-0.2, 0) is 0 Å². The van der Waals surface area contributed by atoms with Crippen LogP contribution in [0.5, 0.6) is 5.75 Å². The van der Waals surface area contributed by atoms with Gasteiger partial charge in [-0.05, 0) is 55.8 Å². The number of hydrogen-bond donors (Lipinski definition) is 1. The Kier molecular flexibility index (Phi) is 4.71. The highest BCUT2D eigenvalue weighted by atomic mass is 19.1. The van der Waals surface area contributed by atoms with Gasteiger partial charge in [0.2, 0.25) is 0 Å². The average molecular weight is 272 g/mol. The second-order valence-corrected chi connectivity index (χ2v) is 4.62. The predicted molar refractivity (Wildman–Crippen MR) is 79.8 cm³/mol. The van der Waals surface area contributed by atoms with Gasteiger partial charge >= 0.3 is 0 Å². The molecule has 3 nitrogen and oxygen atoms in total. The van der Waals surface area contributed by atoms with Gasteiger partial charge < -0.3 is 4.74 Å². The van der Waals surface area contributed by atoms with Crippen LogP contribution in [0.3, 0.4) is 0 Å². The van der Waals surface area contributed by atoms with Gasteiger partial charge in [0.1, 0.15) is 11.6 Å². The Morgan fingerprint density at radius 3 is 2.60 bits per heavy atom. The first-order valence-electron chi connectivity index (χ1n) is 6.45. The van der Waals surface area contributed by atoms with Gasteiger partial charge in [0.05, 0.1) is 18.0 Å². The molecule has 0 aliphatic rings. The SMILES string of the molecule is CC(C)Oc1cccc(/C=N/Nc2ccc(F)cc2)c1. The van der Waals surface area contributed by atoms with Crippen LogP contribution in [-0.4, -0.2) is 12.3 Å². The van der Waals surface area contributed by atoms with Crippen LogP contribution in [0.1, 0.15) is 19.4 Å². The minimum absolute atomic E-state index is 0.138. The summed E-state index contributed by atoms with van der Waals surface area (Å²) in [5.41, 5.74) is 4.50. The highest BCUT2D eigenvalue weighted by molar-refractivity contribution is 5.80. The molecular weight excluding hydrogens is 255 g/mol. The lowest BCUT2D eigenvalue weighted by molar-refractivity contribution is 0.242. The van der Waals surface area contributed by atoms with Crippen molar-refractivity contribution in [2.75, 3.05) is 5.43 Å². The van der Waals surface area contributed by atoms with Gasteiger partial charge in [-0.1, -0.05) is 12.1 Å². The van der Waals surface area contributed by atoms with Crippen LogP contribution in [0.15, 0.2) is 53.6 Å². The summed E-state index contributed by atoms with van der Waals surface area (Å²) < 4.78 is 18.4. The second-order valence-electron chi connectivity index (χ2n) is 4.62.